The van der Waals surface area contributed by atoms with Gasteiger partial charge in [-0.15, -0.1) is 0 Å². The Balaban J connectivity index is 0.828. The number of imide groups is 2. The number of hydrogen-bond donors (Lipinski definition) is 1. The number of benzene rings is 3. The third-order valence-corrected chi connectivity index (χ3v) is 12.7. The van der Waals surface area contributed by atoms with Gasteiger partial charge in [0.05, 0.1) is 16.8 Å². The molecule has 4 saturated heterocycles. The highest BCUT2D eigenvalue weighted by Gasteiger charge is 2.46. The summed E-state index contributed by atoms with van der Waals surface area (Å²) in [5.74, 6) is -1.10. The van der Waals surface area contributed by atoms with Gasteiger partial charge in [-0.1, -0.05) is 30.3 Å². The van der Waals surface area contributed by atoms with Crippen molar-refractivity contribution in [2.75, 3.05) is 82.8 Å². The molecule has 8 rings (SSSR count). The Morgan fingerprint density at radius 2 is 1.51 bits per heavy atom. The van der Waals surface area contributed by atoms with Gasteiger partial charge in [0, 0.05) is 95.1 Å². The van der Waals surface area contributed by atoms with Crippen LogP contribution in [0.5, 0.6) is 0 Å². The average molecular weight is 750 g/mol. The molecule has 11 nitrogen and oxygen atoms in total. The van der Waals surface area contributed by atoms with E-state index in [1.807, 2.05) is 25.1 Å². The number of halogens is 1. The fourth-order valence-corrected chi connectivity index (χ4v) is 9.54. The number of rotatable bonds is 9. The van der Waals surface area contributed by atoms with Crippen LogP contribution in [0, 0.1) is 18.7 Å². The van der Waals surface area contributed by atoms with E-state index in [-0.39, 0.29) is 24.6 Å². The van der Waals surface area contributed by atoms with Crippen LogP contribution in [0.25, 0.3) is 0 Å². The molecule has 0 saturated carbocycles. The summed E-state index contributed by atoms with van der Waals surface area (Å²) in [4.78, 5) is 64.3. The summed E-state index contributed by atoms with van der Waals surface area (Å²) in [6, 6.07) is 19.3. The van der Waals surface area contributed by atoms with Gasteiger partial charge in [-0.05, 0) is 87.7 Å². The number of fused-ring (bicyclic) bond motifs is 1. The summed E-state index contributed by atoms with van der Waals surface area (Å²) in [5, 5.41) is 2.27. The normalized spacial score (nSPS) is 24.3. The van der Waals surface area contributed by atoms with E-state index in [2.05, 4.69) is 68.2 Å². The van der Waals surface area contributed by atoms with E-state index >= 15 is 0 Å². The molecule has 12 heteroatoms. The zero-order chi connectivity index (χ0) is 38.4. The van der Waals surface area contributed by atoms with Gasteiger partial charge in [-0.2, -0.15) is 0 Å². The Bertz CT molecular complexity index is 1930. The van der Waals surface area contributed by atoms with Crippen molar-refractivity contribution in [1.82, 2.24) is 24.9 Å². The number of anilines is 2. The fraction of sp³-hybridized carbons (Fsp3) is 0.488. The molecule has 0 radical (unpaired) electrons. The highest BCUT2D eigenvalue weighted by molar-refractivity contribution is 6.25. The van der Waals surface area contributed by atoms with Crippen molar-refractivity contribution in [1.29, 1.82) is 0 Å². The van der Waals surface area contributed by atoms with Gasteiger partial charge >= 0.3 is 0 Å². The molecule has 4 amide bonds. The van der Waals surface area contributed by atoms with Crippen molar-refractivity contribution in [3.05, 3.63) is 94.3 Å². The zero-order valence-electron chi connectivity index (χ0n) is 32.2. The lowest BCUT2D eigenvalue weighted by molar-refractivity contribution is -0.136. The number of nitrogens with one attached hydrogen (secondary N) is 1. The highest BCUT2D eigenvalue weighted by atomic mass is 19.1. The number of likely N-dealkylation sites (tertiary alicyclic amines) is 1. The van der Waals surface area contributed by atoms with Crippen molar-refractivity contribution in [3.63, 3.8) is 0 Å². The molecule has 4 fully saturated rings. The number of nitrogens with zero attached hydrogens (tertiary/aromatic N) is 6. The Hall–Kier alpha value is -4.65. The summed E-state index contributed by atoms with van der Waals surface area (Å²) in [6.07, 6.45) is 2.24. The summed E-state index contributed by atoms with van der Waals surface area (Å²) < 4.78 is 14.7. The molecule has 290 valence electrons. The van der Waals surface area contributed by atoms with E-state index in [0.29, 0.717) is 35.5 Å². The summed E-state index contributed by atoms with van der Waals surface area (Å²) in [6.45, 7) is 11.1. The third-order valence-electron chi connectivity index (χ3n) is 12.7. The zero-order valence-corrected chi connectivity index (χ0v) is 32.2. The van der Waals surface area contributed by atoms with Crippen molar-refractivity contribution in [2.24, 2.45) is 5.92 Å². The van der Waals surface area contributed by atoms with Gasteiger partial charge in [0.1, 0.15) is 11.9 Å². The summed E-state index contributed by atoms with van der Waals surface area (Å²) in [7, 11) is 4.29. The van der Waals surface area contributed by atoms with Crippen LogP contribution in [0.3, 0.4) is 0 Å². The second kappa shape index (κ2) is 15.5. The molecule has 55 heavy (non-hydrogen) atoms. The molecule has 5 aliphatic heterocycles. The Morgan fingerprint density at radius 1 is 0.782 bits per heavy atom. The van der Waals surface area contributed by atoms with Crippen LogP contribution in [-0.4, -0.2) is 128 Å². The van der Waals surface area contributed by atoms with Crippen LogP contribution in [0.1, 0.15) is 69.0 Å². The van der Waals surface area contributed by atoms with E-state index in [9.17, 15) is 23.6 Å². The highest BCUT2D eigenvalue weighted by Crippen LogP contribution is 2.37. The SMILES string of the molecule is Cc1cccc(F)c1CN1C[C@H](c2ccc(N3CCN(CC4CCN(c5cccc6c5C(=O)N(C5CCC(=O)NC5=O)C6=O)CC4)CC3)cc2)[C@@H](N(C)C)C1. The summed E-state index contributed by atoms with van der Waals surface area (Å²) in [5.41, 5.74) is 5.86. The van der Waals surface area contributed by atoms with Gasteiger partial charge in [-0.3, -0.25) is 39.2 Å². The molecular weight excluding hydrogens is 698 g/mol. The first kappa shape index (κ1) is 37.3. The summed E-state index contributed by atoms with van der Waals surface area (Å²) >= 11 is 0. The van der Waals surface area contributed by atoms with Crippen LogP contribution in [-0.2, 0) is 16.1 Å². The predicted octanol–water partition coefficient (Wildman–Crippen LogP) is 4.10. The monoisotopic (exact) mass is 749 g/mol. The van der Waals surface area contributed by atoms with Crippen molar-refractivity contribution < 1.29 is 23.6 Å². The van der Waals surface area contributed by atoms with Gasteiger partial charge < -0.3 is 14.7 Å². The maximum Gasteiger partial charge on any atom is 0.264 e. The molecule has 3 atom stereocenters. The van der Waals surface area contributed by atoms with E-state index in [4.69, 9.17) is 0 Å². The molecule has 3 aromatic rings. The average Bonchev–Trinajstić information content (AvgIpc) is 3.72. The van der Waals surface area contributed by atoms with E-state index in [1.54, 1.807) is 18.2 Å². The smallest absolute Gasteiger partial charge is 0.264 e. The van der Waals surface area contributed by atoms with Gasteiger partial charge in [0.2, 0.25) is 11.8 Å². The molecule has 0 bridgehead atoms. The largest absolute Gasteiger partial charge is 0.371 e. The number of carbonyl (C=O) groups excluding carboxylic acids is 4. The first-order valence-corrected chi connectivity index (χ1v) is 19.8. The molecule has 0 aromatic heterocycles. The van der Waals surface area contributed by atoms with Crippen molar-refractivity contribution in [3.8, 4) is 0 Å². The minimum Gasteiger partial charge on any atom is -0.371 e. The van der Waals surface area contributed by atoms with E-state index in [1.165, 1.54) is 11.3 Å². The van der Waals surface area contributed by atoms with Crippen molar-refractivity contribution >= 4 is 35.0 Å². The standard InChI is InChI=1S/C43H52FN7O4/c1-28-6-4-8-35(44)33(28)25-48-26-34(38(27-48)46(2)3)30-10-12-31(13-11-30)49-22-20-47(21-23-49)24-29-16-18-50(19-17-29)36-9-5-7-32-40(36)43(55)51(42(32)54)37-14-15-39(52)45-41(37)53/h4-13,29,34,37-38H,14-27H2,1-3H3,(H,45,52,53)/t34-,37?,38+/m1/s1. The minimum atomic E-state index is -0.966. The Kier molecular flexibility index (Phi) is 10.5. The predicted molar refractivity (Wildman–Crippen MR) is 210 cm³/mol. The first-order chi connectivity index (χ1) is 26.5. The quantitative estimate of drug-likeness (QED) is 0.325. The van der Waals surface area contributed by atoms with Crippen LogP contribution in [0.15, 0.2) is 60.7 Å². The molecule has 3 aromatic carbocycles. The van der Waals surface area contributed by atoms with Gasteiger partial charge in [0.15, 0.2) is 0 Å². The second-order valence-corrected chi connectivity index (χ2v) is 16.3. The lowest BCUT2D eigenvalue weighted by Crippen LogP contribution is -2.54. The second-order valence-electron chi connectivity index (χ2n) is 16.3. The topological polar surface area (TPSA) is 99.7 Å². The molecule has 1 N–H and O–H groups in total. The number of carbonyl (C=O) groups is 4. The number of piperazine rings is 1. The Labute approximate surface area is 323 Å². The maximum absolute atomic E-state index is 14.7. The van der Waals surface area contributed by atoms with Crippen LogP contribution in [0.2, 0.25) is 0 Å². The van der Waals surface area contributed by atoms with Crippen LogP contribution < -0.4 is 15.1 Å². The van der Waals surface area contributed by atoms with E-state index in [0.717, 1.165) is 93.5 Å². The van der Waals surface area contributed by atoms with Crippen LogP contribution >= 0.6 is 0 Å². The number of aryl methyl sites for hydroxylation is 1. The molecule has 0 spiro atoms. The minimum absolute atomic E-state index is 0.102. The number of likely N-dealkylation sites (N-methyl/N-ethyl adjacent to an activating group) is 1. The van der Waals surface area contributed by atoms with Crippen LogP contribution in [0.4, 0.5) is 15.8 Å². The lowest BCUT2D eigenvalue weighted by Gasteiger charge is -2.40. The van der Waals surface area contributed by atoms with E-state index < -0.39 is 23.8 Å². The molecular formula is C43H52FN7O4. The lowest BCUT2D eigenvalue weighted by atomic mass is 9.93. The third kappa shape index (κ3) is 7.39. The maximum atomic E-state index is 14.7. The first-order valence-electron chi connectivity index (χ1n) is 19.8. The molecule has 5 heterocycles. The Morgan fingerprint density at radius 3 is 2.20 bits per heavy atom. The number of piperidine rings is 2. The van der Waals surface area contributed by atoms with Gasteiger partial charge in [0.25, 0.3) is 11.8 Å². The molecule has 5 aliphatic rings. The number of amides is 4. The van der Waals surface area contributed by atoms with Crippen molar-refractivity contribution in [2.45, 2.75) is 57.2 Å². The number of hydrogen-bond acceptors (Lipinski definition) is 9. The van der Waals surface area contributed by atoms with Gasteiger partial charge in [-0.25, -0.2) is 4.39 Å². The molecule has 1 unspecified atom stereocenters. The molecule has 0 aliphatic carbocycles. The fourth-order valence-electron chi connectivity index (χ4n) is 9.54.